The molecule has 2 aromatic heterocycles. The SMILES string of the molecule is CC(C)(C)[Si](C)(C)OC1(c2ncc(-c3cc(Nc4nccc(C(F)(F)F)n4)cc([N+](=O)[O-])c3)s2)CCC1. The van der Waals surface area contributed by atoms with Crippen LogP contribution in [-0.4, -0.2) is 28.2 Å². The van der Waals surface area contributed by atoms with Crippen molar-refractivity contribution in [2.45, 2.75) is 69.9 Å². The van der Waals surface area contributed by atoms with Crippen LogP contribution in [-0.2, 0) is 16.2 Å². The third-order valence-corrected chi connectivity index (χ3v) is 12.7. The molecule has 0 atom stereocenters. The number of benzene rings is 1. The highest BCUT2D eigenvalue weighted by Gasteiger charge is 2.50. The van der Waals surface area contributed by atoms with Gasteiger partial charge in [0.05, 0.1) is 9.80 Å². The first-order valence-electron chi connectivity index (χ1n) is 11.7. The van der Waals surface area contributed by atoms with Crippen LogP contribution < -0.4 is 5.32 Å². The number of anilines is 2. The second-order valence-corrected chi connectivity index (χ2v) is 16.4. The van der Waals surface area contributed by atoms with Gasteiger partial charge >= 0.3 is 6.18 Å². The highest BCUT2D eigenvalue weighted by molar-refractivity contribution is 7.15. The van der Waals surface area contributed by atoms with Crippen LogP contribution >= 0.6 is 11.3 Å². The van der Waals surface area contributed by atoms with Crippen LogP contribution in [0.4, 0.5) is 30.5 Å². The van der Waals surface area contributed by atoms with E-state index in [-0.39, 0.29) is 22.4 Å². The summed E-state index contributed by atoms with van der Waals surface area (Å²) >= 11 is 1.42. The fourth-order valence-corrected chi connectivity index (χ4v) is 6.50. The molecule has 3 aromatic rings. The summed E-state index contributed by atoms with van der Waals surface area (Å²) in [6, 6.07) is 5.00. The normalized spacial score (nSPS) is 15.8. The minimum Gasteiger partial charge on any atom is -0.405 e. The first-order valence-corrected chi connectivity index (χ1v) is 15.5. The highest BCUT2D eigenvalue weighted by Crippen LogP contribution is 2.52. The average molecular weight is 552 g/mol. The zero-order valence-electron chi connectivity index (χ0n) is 21.1. The minimum absolute atomic E-state index is 0.0295. The lowest BCUT2D eigenvalue weighted by molar-refractivity contribution is -0.384. The Morgan fingerprint density at radius 3 is 2.43 bits per heavy atom. The number of halogens is 3. The molecule has 1 saturated carbocycles. The number of alkyl halides is 3. The van der Waals surface area contributed by atoms with E-state index in [1.165, 1.54) is 23.5 Å². The lowest BCUT2D eigenvalue weighted by atomic mass is 9.81. The summed E-state index contributed by atoms with van der Waals surface area (Å²) in [5, 5.41) is 15.1. The molecule has 37 heavy (non-hydrogen) atoms. The Morgan fingerprint density at radius 1 is 1.16 bits per heavy atom. The zero-order chi connectivity index (χ0) is 27.2. The molecule has 1 aliphatic carbocycles. The van der Waals surface area contributed by atoms with Gasteiger partial charge in [-0.1, -0.05) is 20.8 Å². The number of non-ortho nitro benzene ring substituents is 1. The molecule has 198 valence electrons. The molecule has 0 bridgehead atoms. The van der Waals surface area contributed by atoms with E-state index >= 15 is 0 Å². The third kappa shape index (κ3) is 5.68. The van der Waals surface area contributed by atoms with Gasteiger partial charge in [0.25, 0.3) is 5.69 Å². The van der Waals surface area contributed by atoms with Crippen molar-refractivity contribution >= 4 is 37.0 Å². The Labute approximate surface area is 217 Å². The second kappa shape index (κ2) is 9.44. The summed E-state index contributed by atoms with van der Waals surface area (Å²) in [5.74, 6) is -0.317. The summed E-state index contributed by atoms with van der Waals surface area (Å²) < 4.78 is 45.9. The molecule has 0 aliphatic heterocycles. The van der Waals surface area contributed by atoms with Crippen LogP contribution in [0, 0.1) is 10.1 Å². The fraction of sp³-hybridized carbons (Fsp3) is 0.458. The van der Waals surface area contributed by atoms with E-state index in [1.54, 1.807) is 12.3 Å². The van der Waals surface area contributed by atoms with Gasteiger partial charge in [0.15, 0.2) is 8.32 Å². The molecule has 8 nitrogen and oxygen atoms in total. The van der Waals surface area contributed by atoms with Crippen LogP contribution in [0.1, 0.15) is 50.7 Å². The predicted molar refractivity (Wildman–Crippen MR) is 138 cm³/mol. The third-order valence-electron chi connectivity index (χ3n) is 6.93. The number of thiazole rings is 1. The largest absolute Gasteiger partial charge is 0.433 e. The van der Waals surface area contributed by atoms with E-state index in [0.717, 1.165) is 36.5 Å². The Morgan fingerprint density at radius 2 is 1.86 bits per heavy atom. The topological polar surface area (TPSA) is 103 Å². The van der Waals surface area contributed by atoms with Gasteiger partial charge in [0, 0.05) is 35.8 Å². The molecule has 4 rings (SSSR count). The van der Waals surface area contributed by atoms with Crippen molar-refractivity contribution in [3.8, 4) is 10.4 Å². The Bertz CT molecular complexity index is 1320. The van der Waals surface area contributed by atoms with Crippen molar-refractivity contribution in [1.82, 2.24) is 15.0 Å². The van der Waals surface area contributed by atoms with Crippen LogP contribution in [0.15, 0.2) is 36.7 Å². The predicted octanol–water partition coefficient (Wildman–Crippen LogP) is 7.67. The molecule has 0 unspecified atom stereocenters. The van der Waals surface area contributed by atoms with Gasteiger partial charge in [0.2, 0.25) is 5.95 Å². The van der Waals surface area contributed by atoms with Crippen molar-refractivity contribution in [3.05, 3.63) is 57.5 Å². The first-order chi connectivity index (χ1) is 17.1. The molecule has 13 heteroatoms. The molecule has 0 radical (unpaired) electrons. The number of rotatable bonds is 7. The maximum Gasteiger partial charge on any atom is 0.433 e. The van der Waals surface area contributed by atoms with Gasteiger partial charge < -0.3 is 9.74 Å². The lowest BCUT2D eigenvalue weighted by Crippen LogP contribution is -2.51. The fourth-order valence-electron chi connectivity index (χ4n) is 3.75. The molecular weight excluding hydrogens is 523 g/mol. The van der Waals surface area contributed by atoms with E-state index in [4.69, 9.17) is 4.43 Å². The van der Waals surface area contributed by atoms with Crippen molar-refractivity contribution in [3.63, 3.8) is 0 Å². The highest BCUT2D eigenvalue weighted by atomic mass is 32.1. The van der Waals surface area contributed by atoms with Crippen LogP contribution in [0.3, 0.4) is 0 Å². The molecule has 1 aromatic carbocycles. The van der Waals surface area contributed by atoms with E-state index in [1.807, 2.05) is 0 Å². The standard InChI is InChI=1S/C24H28F3N5O3SSi/c1-22(2,3)37(4,5)35-23(8-6-9-23)20-29-14-18(36-20)15-11-16(13-17(12-15)32(33)34)30-21-28-10-7-19(31-21)24(25,26)27/h7,10-14H,6,8-9H2,1-5H3,(H,28,30,31). The summed E-state index contributed by atoms with van der Waals surface area (Å²) in [5.41, 5.74) is -1.10. The Balaban J connectivity index is 1.67. The number of nitro benzene ring substituents is 1. The first kappa shape index (κ1) is 27.1. The van der Waals surface area contributed by atoms with Gasteiger partial charge in [-0.2, -0.15) is 13.2 Å². The summed E-state index contributed by atoms with van der Waals surface area (Å²) in [4.78, 5) is 23.7. The van der Waals surface area contributed by atoms with E-state index in [0.29, 0.717) is 10.4 Å². The van der Waals surface area contributed by atoms with Crippen LogP contribution in [0.25, 0.3) is 10.4 Å². The number of hydrogen-bond acceptors (Lipinski definition) is 8. The lowest BCUT2D eigenvalue weighted by Gasteiger charge is -2.49. The molecule has 0 saturated heterocycles. The number of nitrogens with one attached hydrogen (secondary N) is 1. The summed E-state index contributed by atoms with van der Waals surface area (Å²) in [6.07, 6.45) is 0.759. The van der Waals surface area contributed by atoms with Crippen molar-refractivity contribution < 1.29 is 22.5 Å². The molecule has 1 fully saturated rings. The smallest absolute Gasteiger partial charge is 0.405 e. The second-order valence-electron chi connectivity index (χ2n) is 10.7. The maximum atomic E-state index is 13.0. The molecule has 0 amide bonds. The van der Waals surface area contributed by atoms with Gasteiger partial charge in [-0.15, -0.1) is 11.3 Å². The monoisotopic (exact) mass is 551 g/mol. The van der Waals surface area contributed by atoms with Crippen molar-refractivity contribution in [1.29, 1.82) is 0 Å². The maximum absolute atomic E-state index is 13.0. The van der Waals surface area contributed by atoms with Crippen molar-refractivity contribution in [2.75, 3.05) is 5.32 Å². The van der Waals surface area contributed by atoms with Crippen molar-refractivity contribution in [2.24, 2.45) is 0 Å². The molecule has 1 aliphatic rings. The molecule has 1 N–H and O–H groups in total. The van der Waals surface area contributed by atoms with Gasteiger partial charge in [-0.25, -0.2) is 15.0 Å². The summed E-state index contributed by atoms with van der Waals surface area (Å²) in [7, 11) is -2.08. The van der Waals surface area contributed by atoms with Gasteiger partial charge in [-0.3, -0.25) is 10.1 Å². The van der Waals surface area contributed by atoms with E-state index in [2.05, 4.69) is 54.1 Å². The quantitative estimate of drug-likeness (QED) is 0.182. The minimum atomic E-state index is -4.64. The Kier molecular flexibility index (Phi) is 6.93. The van der Waals surface area contributed by atoms with Crippen LogP contribution in [0.5, 0.6) is 0 Å². The van der Waals surface area contributed by atoms with Crippen LogP contribution in [0.2, 0.25) is 18.1 Å². The van der Waals surface area contributed by atoms with E-state index in [9.17, 15) is 23.3 Å². The number of nitro groups is 1. The summed E-state index contributed by atoms with van der Waals surface area (Å²) in [6.45, 7) is 11.0. The Hall–Kier alpha value is -2.90. The molecule has 2 heterocycles. The number of nitrogens with zero attached hydrogens (tertiary/aromatic N) is 4. The average Bonchev–Trinajstić information content (AvgIpc) is 3.25. The van der Waals surface area contributed by atoms with Gasteiger partial charge in [-0.05, 0) is 49.5 Å². The zero-order valence-corrected chi connectivity index (χ0v) is 23.0. The number of hydrogen-bond donors (Lipinski definition) is 1. The molecular formula is C24H28F3N5O3SSi. The number of aromatic nitrogens is 3. The molecule has 0 spiro atoms. The van der Waals surface area contributed by atoms with Gasteiger partial charge in [0.1, 0.15) is 16.3 Å². The van der Waals surface area contributed by atoms with E-state index < -0.39 is 30.7 Å².